The van der Waals surface area contributed by atoms with Gasteiger partial charge in [0.25, 0.3) is 5.69 Å². The number of fused-ring (bicyclic) bond motifs is 1. The smallest absolute Gasteiger partial charge is 0.297 e. The summed E-state index contributed by atoms with van der Waals surface area (Å²) in [6.07, 6.45) is 3.52. The molecule has 0 saturated heterocycles. The number of hydrogen-bond acceptors (Lipinski definition) is 4. The zero-order chi connectivity index (χ0) is 11.5. The second-order valence-electron chi connectivity index (χ2n) is 3.21. The Morgan fingerprint density at radius 1 is 1.56 bits per heavy atom. The molecule has 0 saturated carbocycles. The van der Waals surface area contributed by atoms with Crippen LogP contribution in [0.5, 0.6) is 0 Å². The third-order valence-electron chi connectivity index (χ3n) is 2.21. The van der Waals surface area contributed by atoms with Crippen molar-refractivity contribution in [1.82, 2.24) is 10.2 Å². The summed E-state index contributed by atoms with van der Waals surface area (Å²) in [6.45, 7) is 0.412. The molecule has 82 valence electrons. The zero-order valence-corrected chi connectivity index (χ0v) is 8.38. The number of nitrogens with zero attached hydrogens (tertiary/aromatic N) is 2. The van der Waals surface area contributed by atoms with Crippen LogP contribution in [-0.4, -0.2) is 21.7 Å². The second kappa shape index (κ2) is 4.11. The van der Waals surface area contributed by atoms with Crippen LogP contribution in [0.2, 0.25) is 0 Å². The molecule has 1 aromatic carbocycles. The van der Waals surface area contributed by atoms with Crippen molar-refractivity contribution in [2.24, 2.45) is 5.73 Å². The van der Waals surface area contributed by atoms with Gasteiger partial charge in [-0.15, -0.1) is 0 Å². The lowest BCUT2D eigenvalue weighted by atomic mass is 10.2. The fraction of sp³-hybridized carbons (Fsp3) is 0.100. The number of nitro groups is 1. The summed E-state index contributed by atoms with van der Waals surface area (Å²) in [5.74, 6) is 0. The normalized spacial score (nSPS) is 11.3. The van der Waals surface area contributed by atoms with Crippen LogP contribution in [0.3, 0.4) is 0 Å². The maximum atomic E-state index is 10.8. The number of hydrogen-bond donors (Lipinski definition) is 2. The van der Waals surface area contributed by atoms with Crippen LogP contribution in [-0.2, 0) is 0 Å². The Bertz CT molecular complexity index is 559. The van der Waals surface area contributed by atoms with Gasteiger partial charge in [-0.05, 0) is 6.08 Å². The van der Waals surface area contributed by atoms with Crippen molar-refractivity contribution in [3.05, 3.63) is 40.1 Å². The Morgan fingerprint density at radius 3 is 3.06 bits per heavy atom. The number of aromatic nitrogens is 2. The molecule has 3 N–H and O–H groups in total. The van der Waals surface area contributed by atoms with E-state index < -0.39 is 4.92 Å². The first kappa shape index (κ1) is 10.3. The van der Waals surface area contributed by atoms with Crippen LogP contribution in [0.4, 0.5) is 5.69 Å². The van der Waals surface area contributed by atoms with E-state index in [1.54, 1.807) is 24.3 Å². The monoisotopic (exact) mass is 218 g/mol. The van der Waals surface area contributed by atoms with E-state index >= 15 is 0 Å². The summed E-state index contributed by atoms with van der Waals surface area (Å²) in [5.41, 5.74) is 6.43. The molecule has 0 radical (unpaired) electrons. The first-order valence-corrected chi connectivity index (χ1v) is 4.72. The summed E-state index contributed by atoms with van der Waals surface area (Å²) in [7, 11) is 0. The Hall–Kier alpha value is -2.21. The molecule has 2 aromatic rings. The molecule has 0 spiro atoms. The van der Waals surface area contributed by atoms with Crippen molar-refractivity contribution >= 4 is 22.7 Å². The van der Waals surface area contributed by atoms with E-state index in [4.69, 9.17) is 5.73 Å². The fourth-order valence-electron chi connectivity index (χ4n) is 1.50. The molecule has 0 unspecified atom stereocenters. The number of benzene rings is 1. The van der Waals surface area contributed by atoms with E-state index in [2.05, 4.69) is 10.2 Å². The van der Waals surface area contributed by atoms with E-state index in [0.717, 1.165) is 11.1 Å². The first-order valence-electron chi connectivity index (χ1n) is 4.72. The largest absolute Gasteiger partial charge is 0.327 e. The van der Waals surface area contributed by atoms with E-state index in [1.807, 2.05) is 0 Å². The van der Waals surface area contributed by atoms with Crippen LogP contribution in [0.25, 0.3) is 17.0 Å². The van der Waals surface area contributed by atoms with Crippen molar-refractivity contribution < 1.29 is 4.92 Å². The SMILES string of the molecule is NCC=Cc1[nH]nc2c([N+](=O)[O-])cccc12. The minimum atomic E-state index is -0.445. The molecule has 0 amide bonds. The van der Waals surface area contributed by atoms with Gasteiger partial charge in [-0.3, -0.25) is 15.2 Å². The Labute approximate surface area is 90.9 Å². The number of non-ortho nitro benzene ring substituents is 1. The summed E-state index contributed by atoms with van der Waals surface area (Å²) < 4.78 is 0. The Morgan fingerprint density at radius 2 is 2.38 bits per heavy atom. The van der Waals surface area contributed by atoms with Gasteiger partial charge in [0.2, 0.25) is 0 Å². The van der Waals surface area contributed by atoms with Gasteiger partial charge in [-0.1, -0.05) is 18.2 Å². The maximum Gasteiger partial charge on any atom is 0.297 e. The van der Waals surface area contributed by atoms with Crippen molar-refractivity contribution in [2.75, 3.05) is 6.54 Å². The lowest BCUT2D eigenvalue weighted by Gasteiger charge is -1.92. The van der Waals surface area contributed by atoms with Crippen molar-refractivity contribution in [1.29, 1.82) is 0 Å². The molecule has 0 atom stereocenters. The fourth-order valence-corrected chi connectivity index (χ4v) is 1.50. The molecule has 6 heteroatoms. The Balaban J connectivity index is 2.61. The van der Waals surface area contributed by atoms with Gasteiger partial charge in [0.05, 0.1) is 10.6 Å². The quantitative estimate of drug-likeness (QED) is 0.601. The molecule has 1 aromatic heterocycles. The summed E-state index contributed by atoms with van der Waals surface area (Å²) in [5, 5.41) is 18.2. The molecular formula is C10H10N4O2. The van der Waals surface area contributed by atoms with Crippen LogP contribution in [0.1, 0.15) is 5.69 Å². The third kappa shape index (κ3) is 1.66. The van der Waals surface area contributed by atoms with Crippen LogP contribution in [0, 0.1) is 10.1 Å². The lowest BCUT2D eigenvalue weighted by molar-refractivity contribution is -0.383. The van der Waals surface area contributed by atoms with E-state index in [0.29, 0.717) is 12.1 Å². The molecular weight excluding hydrogens is 208 g/mol. The lowest BCUT2D eigenvalue weighted by Crippen LogP contribution is -1.92. The summed E-state index contributed by atoms with van der Waals surface area (Å²) >= 11 is 0. The molecule has 0 bridgehead atoms. The number of nitrogens with one attached hydrogen (secondary N) is 1. The number of rotatable bonds is 3. The van der Waals surface area contributed by atoms with Gasteiger partial charge in [0.1, 0.15) is 0 Å². The molecule has 0 aliphatic heterocycles. The molecule has 16 heavy (non-hydrogen) atoms. The van der Waals surface area contributed by atoms with Crippen LogP contribution in [0.15, 0.2) is 24.3 Å². The van der Waals surface area contributed by atoms with Crippen LogP contribution < -0.4 is 5.73 Å². The van der Waals surface area contributed by atoms with Gasteiger partial charge in [-0.2, -0.15) is 5.10 Å². The highest BCUT2D eigenvalue weighted by molar-refractivity contribution is 5.92. The molecule has 2 rings (SSSR count). The predicted octanol–water partition coefficient (Wildman–Crippen LogP) is 1.44. The summed E-state index contributed by atoms with van der Waals surface area (Å²) in [4.78, 5) is 10.3. The number of nitro benzene ring substituents is 1. The molecule has 0 aliphatic carbocycles. The predicted molar refractivity (Wildman–Crippen MR) is 60.8 cm³/mol. The summed E-state index contributed by atoms with van der Waals surface area (Å²) in [6, 6.07) is 4.84. The van der Waals surface area contributed by atoms with Gasteiger partial charge in [0, 0.05) is 18.0 Å². The zero-order valence-electron chi connectivity index (χ0n) is 8.38. The molecule has 6 nitrogen and oxygen atoms in total. The maximum absolute atomic E-state index is 10.8. The van der Waals surface area contributed by atoms with Gasteiger partial charge < -0.3 is 5.73 Å². The minimum absolute atomic E-state index is 0.00106. The van der Waals surface area contributed by atoms with Crippen LogP contribution >= 0.6 is 0 Å². The average Bonchev–Trinajstić information content (AvgIpc) is 2.69. The number of H-pyrrole nitrogens is 1. The van der Waals surface area contributed by atoms with Gasteiger partial charge >= 0.3 is 0 Å². The van der Waals surface area contributed by atoms with Gasteiger partial charge in [0.15, 0.2) is 5.52 Å². The number of nitrogens with two attached hydrogens (primary N) is 1. The number of aromatic amines is 1. The molecule has 1 heterocycles. The standard InChI is InChI=1S/C10H10N4O2/c11-6-2-4-8-7-3-1-5-9(14(15)16)10(7)13-12-8/h1-5H,6,11H2,(H,12,13). The highest BCUT2D eigenvalue weighted by Gasteiger charge is 2.15. The van der Waals surface area contributed by atoms with Gasteiger partial charge in [-0.25, -0.2) is 0 Å². The first-order chi connectivity index (χ1) is 7.74. The Kier molecular flexibility index (Phi) is 2.65. The highest BCUT2D eigenvalue weighted by atomic mass is 16.6. The third-order valence-corrected chi connectivity index (χ3v) is 2.21. The second-order valence-corrected chi connectivity index (χ2v) is 3.21. The van der Waals surface area contributed by atoms with E-state index in [-0.39, 0.29) is 5.69 Å². The van der Waals surface area contributed by atoms with Crippen molar-refractivity contribution in [3.8, 4) is 0 Å². The highest BCUT2D eigenvalue weighted by Crippen LogP contribution is 2.25. The molecule has 0 aliphatic rings. The minimum Gasteiger partial charge on any atom is -0.327 e. The number of para-hydroxylation sites is 1. The topological polar surface area (TPSA) is 97.8 Å². The van der Waals surface area contributed by atoms with Crippen molar-refractivity contribution in [3.63, 3.8) is 0 Å². The molecule has 0 fully saturated rings. The van der Waals surface area contributed by atoms with Crippen molar-refractivity contribution in [2.45, 2.75) is 0 Å². The van der Waals surface area contributed by atoms with E-state index in [1.165, 1.54) is 6.07 Å². The van der Waals surface area contributed by atoms with E-state index in [9.17, 15) is 10.1 Å². The average molecular weight is 218 g/mol.